The van der Waals surface area contributed by atoms with Crippen LogP contribution in [0.15, 0.2) is 18.2 Å². The van der Waals surface area contributed by atoms with Crippen molar-refractivity contribution in [3.63, 3.8) is 0 Å². The van der Waals surface area contributed by atoms with Crippen LogP contribution in [-0.2, 0) is 16.2 Å². The second-order valence-electron chi connectivity index (χ2n) is 3.40. The van der Waals surface area contributed by atoms with Gasteiger partial charge in [-0.05, 0) is 17.7 Å². The molecular formula is C11H14N2O3. The first kappa shape index (κ1) is 12.2. The number of amides is 2. The molecule has 0 bridgehead atoms. The molecule has 0 aliphatic carbocycles. The Morgan fingerprint density at radius 3 is 2.19 bits per heavy atom. The van der Waals surface area contributed by atoms with Crippen LogP contribution < -0.4 is 10.6 Å². The van der Waals surface area contributed by atoms with Gasteiger partial charge in [-0.3, -0.25) is 9.59 Å². The fourth-order valence-electron chi connectivity index (χ4n) is 1.28. The van der Waals surface area contributed by atoms with Crippen molar-refractivity contribution in [1.29, 1.82) is 0 Å². The fourth-order valence-corrected chi connectivity index (χ4v) is 1.28. The zero-order chi connectivity index (χ0) is 12.1. The Balaban J connectivity index is 3.05. The van der Waals surface area contributed by atoms with Crippen molar-refractivity contribution in [2.75, 3.05) is 10.6 Å². The third-order valence-corrected chi connectivity index (χ3v) is 1.89. The molecule has 1 aromatic carbocycles. The van der Waals surface area contributed by atoms with Crippen molar-refractivity contribution < 1.29 is 14.7 Å². The standard InChI is InChI=1S/C11H14N2O3/c1-7(15)12-10-4-3-9(6-14)5-11(10)13-8(2)16/h3-5,14H,6H2,1-2H3,(H,12,15)(H,13,16). The SMILES string of the molecule is CC(=O)Nc1ccc(CO)cc1NC(C)=O. The number of rotatable bonds is 3. The maximum Gasteiger partial charge on any atom is 0.221 e. The van der Waals surface area contributed by atoms with Crippen LogP contribution in [0.25, 0.3) is 0 Å². The molecule has 1 aromatic rings. The van der Waals surface area contributed by atoms with Crippen LogP contribution in [0.3, 0.4) is 0 Å². The number of anilines is 2. The Labute approximate surface area is 93.5 Å². The highest BCUT2D eigenvalue weighted by molar-refractivity contribution is 5.98. The van der Waals surface area contributed by atoms with E-state index < -0.39 is 0 Å². The van der Waals surface area contributed by atoms with Crippen molar-refractivity contribution in [3.8, 4) is 0 Å². The van der Waals surface area contributed by atoms with Gasteiger partial charge in [-0.2, -0.15) is 0 Å². The van der Waals surface area contributed by atoms with Crippen molar-refractivity contribution >= 4 is 23.2 Å². The molecule has 1 rings (SSSR count). The number of aliphatic hydroxyl groups is 1. The molecule has 86 valence electrons. The Bertz CT molecular complexity index is 416. The average molecular weight is 222 g/mol. The van der Waals surface area contributed by atoms with E-state index in [1.165, 1.54) is 13.8 Å². The van der Waals surface area contributed by atoms with Crippen LogP contribution >= 0.6 is 0 Å². The summed E-state index contributed by atoms with van der Waals surface area (Å²) < 4.78 is 0. The van der Waals surface area contributed by atoms with E-state index in [1.807, 2.05) is 0 Å². The highest BCUT2D eigenvalue weighted by atomic mass is 16.3. The Kier molecular flexibility index (Phi) is 4.02. The molecule has 0 radical (unpaired) electrons. The lowest BCUT2D eigenvalue weighted by Gasteiger charge is -2.11. The molecule has 0 aliphatic rings. The number of hydrogen-bond donors (Lipinski definition) is 3. The van der Waals surface area contributed by atoms with E-state index >= 15 is 0 Å². The van der Waals surface area contributed by atoms with E-state index in [0.29, 0.717) is 16.9 Å². The van der Waals surface area contributed by atoms with Crippen LogP contribution in [0.4, 0.5) is 11.4 Å². The molecule has 5 heteroatoms. The summed E-state index contributed by atoms with van der Waals surface area (Å²) in [6.07, 6.45) is 0. The summed E-state index contributed by atoms with van der Waals surface area (Å²) in [4.78, 5) is 21.9. The van der Waals surface area contributed by atoms with Gasteiger partial charge in [-0.25, -0.2) is 0 Å². The van der Waals surface area contributed by atoms with E-state index in [0.717, 1.165) is 0 Å². The van der Waals surface area contributed by atoms with E-state index in [2.05, 4.69) is 10.6 Å². The molecule has 3 N–H and O–H groups in total. The Hall–Kier alpha value is -1.88. The lowest BCUT2D eigenvalue weighted by molar-refractivity contribution is -0.115. The summed E-state index contributed by atoms with van der Waals surface area (Å²) in [5.74, 6) is -0.454. The molecule has 0 fully saturated rings. The predicted molar refractivity (Wildman–Crippen MR) is 61.0 cm³/mol. The van der Waals surface area contributed by atoms with Gasteiger partial charge in [0.25, 0.3) is 0 Å². The minimum atomic E-state index is -0.235. The summed E-state index contributed by atoms with van der Waals surface area (Å²) in [5.41, 5.74) is 1.66. The van der Waals surface area contributed by atoms with Crippen LogP contribution in [0.1, 0.15) is 19.4 Å². The molecule has 0 heterocycles. The van der Waals surface area contributed by atoms with Gasteiger partial charge in [0.1, 0.15) is 0 Å². The van der Waals surface area contributed by atoms with E-state index in [-0.39, 0.29) is 18.4 Å². The topological polar surface area (TPSA) is 78.4 Å². The lowest BCUT2D eigenvalue weighted by atomic mass is 10.1. The van der Waals surface area contributed by atoms with Crippen LogP contribution in [0, 0.1) is 0 Å². The highest BCUT2D eigenvalue weighted by Crippen LogP contribution is 2.23. The van der Waals surface area contributed by atoms with Crippen molar-refractivity contribution in [2.45, 2.75) is 20.5 Å². The first-order valence-electron chi connectivity index (χ1n) is 4.82. The normalized spacial score (nSPS) is 9.69. The number of aliphatic hydroxyl groups excluding tert-OH is 1. The smallest absolute Gasteiger partial charge is 0.221 e. The Morgan fingerprint density at radius 2 is 1.69 bits per heavy atom. The van der Waals surface area contributed by atoms with Gasteiger partial charge < -0.3 is 15.7 Å². The molecular weight excluding hydrogens is 208 g/mol. The first-order valence-corrected chi connectivity index (χ1v) is 4.82. The number of carbonyl (C=O) groups is 2. The molecule has 0 saturated heterocycles. The molecule has 0 aliphatic heterocycles. The quantitative estimate of drug-likeness (QED) is 0.716. The van der Waals surface area contributed by atoms with E-state index in [9.17, 15) is 9.59 Å². The fraction of sp³-hybridized carbons (Fsp3) is 0.273. The predicted octanol–water partition coefficient (Wildman–Crippen LogP) is 1.10. The summed E-state index contributed by atoms with van der Waals surface area (Å²) in [6, 6.07) is 4.93. The van der Waals surface area contributed by atoms with Gasteiger partial charge in [0.2, 0.25) is 11.8 Å². The number of carbonyl (C=O) groups excluding carboxylic acids is 2. The second-order valence-corrected chi connectivity index (χ2v) is 3.40. The average Bonchev–Trinajstić information content (AvgIpc) is 2.19. The third-order valence-electron chi connectivity index (χ3n) is 1.89. The van der Waals surface area contributed by atoms with Gasteiger partial charge in [0.15, 0.2) is 0 Å². The lowest BCUT2D eigenvalue weighted by Crippen LogP contribution is -2.12. The third kappa shape index (κ3) is 3.36. The minimum Gasteiger partial charge on any atom is -0.392 e. The van der Waals surface area contributed by atoms with E-state index in [4.69, 9.17) is 5.11 Å². The van der Waals surface area contributed by atoms with Crippen molar-refractivity contribution in [1.82, 2.24) is 0 Å². The molecule has 0 atom stereocenters. The largest absolute Gasteiger partial charge is 0.392 e. The van der Waals surface area contributed by atoms with Crippen molar-refractivity contribution in [2.24, 2.45) is 0 Å². The maximum absolute atomic E-state index is 11.0. The summed E-state index contributed by atoms with van der Waals surface area (Å²) in [5, 5.41) is 14.2. The van der Waals surface area contributed by atoms with Crippen molar-refractivity contribution in [3.05, 3.63) is 23.8 Å². The van der Waals surface area contributed by atoms with Gasteiger partial charge >= 0.3 is 0 Å². The molecule has 16 heavy (non-hydrogen) atoms. The highest BCUT2D eigenvalue weighted by Gasteiger charge is 2.06. The number of nitrogens with one attached hydrogen (secondary N) is 2. The minimum absolute atomic E-state index is 0.118. The Morgan fingerprint density at radius 1 is 1.12 bits per heavy atom. The molecule has 0 aromatic heterocycles. The van der Waals surface area contributed by atoms with Gasteiger partial charge in [0, 0.05) is 13.8 Å². The second kappa shape index (κ2) is 5.27. The number of benzene rings is 1. The summed E-state index contributed by atoms with van der Waals surface area (Å²) in [7, 11) is 0. The molecule has 0 spiro atoms. The van der Waals surface area contributed by atoms with Crippen LogP contribution in [-0.4, -0.2) is 16.9 Å². The molecule has 5 nitrogen and oxygen atoms in total. The molecule has 2 amide bonds. The monoisotopic (exact) mass is 222 g/mol. The van der Waals surface area contributed by atoms with Gasteiger partial charge in [0.05, 0.1) is 18.0 Å². The zero-order valence-corrected chi connectivity index (χ0v) is 9.20. The zero-order valence-electron chi connectivity index (χ0n) is 9.20. The molecule has 0 saturated carbocycles. The van der Waals surface area contributed by atoms with E-state index in [1.54, 1.807) is 18.2 Å². The molecule has 0 unspecified atom stereocenters. The van der Waals surface area contributed by atoms with Gasteiger partial charge in [-0.1, -0.05) is 6.07 Å². The summed E-state index contributed by atoms with van der Waals surface area (Å²) in [6.45, 7) is 2.65. The first-order chi connectivity index (χ1) is 7.52. The van der Waals surface area contributed by atoms with Gasteiger partial charge in [-0.15, -0.1) is 0 Å². The van der Waals surface area contributed by atoms with Crippen LogP contribution in [0.2, 0.25) is 0 Å². The maximum atomic E-state index is 11.0. The number of hydrogen-bond acceptors (Lipinski definition) is 3. The summed E-state index contributed by atoms with van der Waals surface area (Å²) >= 11 is 0. The van der Waals surface area contributed by atoms with Crippen LogP contribution in [0.5, 0.6) is 0 Å².